The first-order valence-electron chi connectivity index (χ1n) is 4.61. The topological polar surface area (TPSA) is 43.6 Å². The molecule has 2 rings (SSSR count). The highest BCUT2D eigenvalue weighted by atomic mass is 79.9. The first-order valence-corrected chi connectivity index (χ1v) is 3.90. The maximum Gasteiger partial charge on any atom is 0.251 e. The van der Waals surface area contributed by atoms with Crippen molar-refractivity contribution in [1.29, 1.82) is 0 Å². The van der Waals surface area contributed by atoms with Gasteiger partial charge in [0.1, 0.15) is 4.60 Å². The molecule has 0 fully saturated rings. The Morgan fingerprint density at radius 1 is 1.58 bits per heavy atom. The van der Waals surface area contributed by atoms with Gasteiger partial charge in [0, 0.05) is 18.5 Å². The molecule has 0 saturated carbocycles. The molecule has 0 unspecified atom stereocenters. The van der Waals surface area contributed by atoms with Crippen molar-refractivity contribution in [2.75, 3.05) is 0 Å². The summed E-state index contributed by atoms with van der Waals surface area (Å²) in [5, 5.41) is 3.68. The first kappa shape index (κ1) is 4.71. The number of halogens is 1. The van der Waals surface area contributed by atoms with Crippen molar-refractivity contribution in [3.05, 3.63) is 35.3 Å². The molecule has 60 valence electrons. The highest BCUT2D eigenvalue weighted by Crippen LogP contribution is 2.05. The maximum atomic E-state index is 7.52. The van der Waals surface area contributed by atoms with Crippen LogP contribution in [0.2, 0.25) is 0 Å². The Labute approximate surface area is 81.6 Å². The van der Waals surface area contributed by atoms with Gasteiger partial charge in [-0.05, 0) is 28.0 Å². The Morgan fingerprint density at radius 3 is 3.17 bits per heavy atom. The van der Waals surface area contributed by atoms with Crippen molar-refractivity contribution in [2.24, 2.45) is 0 Å². The lowest BCUT2D eigenvalue weighted by Gasteiger charge is -1.97. The van der Waals surface area contributed by atoms with Crippen molar-refractivity contribution >= 4 is 15.9 Å². The first-order chi connectivity index (χ1) is 7.09. The summed E-state index contributed by atoms with van der Waals surface area (Å²) in [5.74, 6) is 0.168. The van der Waals surface area contributed by atoms with Gasteiger partial charge in [0.2, 0.25) is 0 Å². The molecule has 2 heterocycles. The van der Waals surface area contributed by atoms with Crippen LogP contribution in [0, 0.1) is 0 Å². The van der Waals surface area contributed by atoms with Crippen LogP contribution in [0.5, 0.6) is 0 Å². The Morgan fingerprint density at radius 2 is 2.50 bits per heavy atom. The number of hydrogen-bond donors (Lipinski definition) is 0. The van der Waals surface area contributed by atoms with E-state index in [1.807, 2.05) is 0 Å². The predicted octanol–water partition coefficient (Wildman–Crippen LogP) is 1.42. The number of aromatic nitrogens is 4. The van der Waals surface area contributed by atoms with Crippen LogP contribution >= 0.6 is 15.9 Å². The van der Waals surface area contributed by atoms with Gasteiger partial charge in [0.15, 0.2) is 0 Å². The minimum atomic E-state index is -0.261. The molecule has 0 spiro atoms. The van der Waals surface area contributed by atoms with Gasteiger partial charge in [-0.1, -0.05) is 0 Å². The zero-order chi connectivity index (χ0) is 11.0. The summed E-state index contributed by atoms with van der Waals surface area (Å²) in [6.07, 6.45) is 1.04. The van der Waals surface area contributed by atoms with E-state index >= 15 is 0 Å². The molecule has 4 nitrogen and oxygen atoms in total. The van der Waals surface area contributed by atoms with Crippen LogP contribution in [-0.2, 0) is 0 Å². The standard InChI is InChI=1S/C7H5BrN4/c8-6-2-4-9-7(11-6)12-5-1-3-10-12/h1-5H/i1D,3D,5D. The van der Waals surface area contributed by atoms with Crippen molar-refractivity contribution in [3.8, 4) is 5.95 Å². The van der Waals surface area contributed by atoms with E-state index in [0.717, 1.165) is 4.68 Å². The summed E-state index contributed by atoms with van der Waals surface area (Å²) in [6.45, 7) is 0. The van der Waals surface area contributed by atoms with Gasteiger partial charge in [0.05, 0.1) is 4.11 Å². The molecular weight excluding hydrogens is 220 g/mol. The highest BCUT2D eigenvalue weighted by Gasteiger charge is 1.98. The molecule has 2 aromatic heterocycles. The molecular formula is C7H5BrN4. The minimum absolute atomic E-state index is 0.168. The van der Waals surface area contributed by atoms with Gasteiger partial charge in [-0.25, -0.2) is 14.6 Å². The SMILES string of the molecule is [2H]c1nn(-c2nccc(Br)n2)c([2H])c1[2H]. The van der Waals surface area contributed by atoms with E-state index in [1.54, 1.807) is 6.07 Å². The monoisotopic (exact) mass is 227 g/mol. The second-order valence-electron chi connectivity index (χ2n) is 1.94. The Hall–Kier alpha value is -1.23. The van der Waals surface area contributed by atoms with E-state index in [2.05, 4.69) is 31.0 Å². The van der Waals surface area contributed by atoms with Gasteiger partial charge in [-0.2, -0.15) is 5.10 Å². The molecule has 0 radical (unpaired) electrons. The summed E-state index contributed by atoms with van der Waals surface area (Å²) in [7, 11) is 0. The third-order valence-electron chi connectivity index (χ3n) is 1.17. The molecule has 2 aromatic rings. The molecule has 0 aliphatic rings. The van der Waals surface area contributed by atoms with E-state index in [1.165, 1.54) is 6.20 Å². The van der Waals surface area contributed by atoms with E-state index in [-0.39, 0.29) is 24.3 Å². The molecule has 0 aliphatic heterocycles. The van der Waals surface area contributed by atoms with E-state index in [9.17, 15) is 0 Å². The third-order valence-corrected chi connectivity index (χ3v) is 1.61. The molecule has 0 amide bonds. The Bertz CT molecular complexity index is 513. The lowest BCUT2D eigenvalue weighted by molar-refractivity contribution is 0.804. The van der Waals surface area contributed by atoms with Crippen molar-refractivity contribution < 1.29 is 4.11 Å². The van der Waals surface area contributed by atoms with Crippen molar-refractivity contribution in [2.45, 2.75) is 0 Å². The molecule has 0 N–H and O–H groups in total. The summed E-state index contributed by atoms with van der Waals surface area (Å²) >= 11 is 3.16. The molecule has 0 atom stereocenters. The highest BCUT2D eigenvalue weighted by molar-refractivity contribution is 9.10. The number of hydrogen-bond acceptors (Lipinski definition) is 3. The van der Waals surface area contributed by atoms with E-state index in [0.29, 0.717) is 4.60 Å². The summed E-state index contributed by atoms with van der Waals surface area (Å²) in [6, 6.07) is 1.40. The second-order valence-corrected chi connectivity index (χ2v) is 2.75. The van der Waals surface area contributed by atoms with Crippen LogP contribution in [0.3, 0.4) is 0 Å². The van der Waals surface area contributed by atoms with Crippen LogP contribution in [0.15, 0.2) is 35.3 Å². The minimum Gasteiger partial charge on any atom is -0.220 e. The lowest BCUT2D eigenvalue weighted by atomic mass is 10.7. The van der Waals surface area contributed by atoms with E-state index in [4.69, 9.17) is 4.11 Å². The summed E-state index contributed by atoms with van der Waals surface area (Å²) in [5.41, 5.74) is 0. The van der Waals surface area contributed by atoms with Crippen LogP contribution in [0.4, 0.5) is 0 Å². The van der Waals surface area contributed by atoms with Crippen molar-refractivity contribution in [1.82, 2.24) is 19.7 Å². The Kier molecular flexibility index (Phi) is 1.19. The quantitative estimate of drug-likeness (QED) is 0.693. The maximum absolute atomic E-state index is 7.52. The third kappa shape index (κ3) is 1.35. The number of nitrogens with zero attached hydrogens (tertiary/aromatic N) is 4. The van der Waals surface area contributed by atoms with Gasteiger partial charge >= 0.3 is 0 Å². The molecule has 0 aliphatic carbocycles. The van der Waals surface area contributed by atoms with Gasteiger partial charge < -0.3 is 0 Å². The molecule has 12 heavy (non-hydrogen) atoms. The van der Waals surface area contributed by atoms with Crippen LogP contribution in [0.1, 0.15) is 4.11 Å². The van der Waals surface area contributed by atoms with Crippen LogP contribution in [-0.4, -0.2) is 19.7 Å². The van der Waals surface area contributed by atoms with Gasteiger partial charge in [-0.15, -0.1) is 0 Å². The fraction of sp³-hybridized carbons (Fsp3) is 0. The van der Waals surface area contributed by atoms with Gasteiger partial charge in [0.25, 0.3) is 5.95 Å². The normalized spacial score (nSPS) is 13.6. The predicted molar refractivity (Wildman–Crippen MR) is 46.9 cm³/mol. The number of rotatable bonds is 1. The molecule has 0 saturated heterocycles. The fourth-order valence-electron chi connectivity index (χ4n) is 0.702. The average Bonchev–Trinajstić information content (AvgIpc) is 2.46. The molecule has 0 aromatic carbocycles. The molecule has 0 bridgehead atoms. The van der Waals surface area contributed by atoms with Crippen molar-refractivity contribution in [3.63, 3.8) is 0 Å². The summed E-state index contributed by atoms with van der Waals surface area (Å²) in [4.78, 5) is 7.88. The van der Waals surface area contributed by atoms with Crippen LogP contribution in [0.25, 0.3) is 5.95 Å². The fourth-order valence-corrected chi connectivity index (χ4v) is 0.979. The summed E-state index contributed by atoms with van der Waals surface area (Å²) < 4.78 is 23.7. The largest absolute Gasteiger partial charge is 0.251 e. The Balaban J connectivity index is 2.59. The smallest absolute Gasteiger partial charge is 0.220 e. The lowest BCUT2D eigenvalue weighted by Crippen LogP contribution is -2.00. The van der Waals surface area contributed by atoms with Gasteiger partial charge in [-0.3, -0.25) is 0 Å². The van der Waals surface area contributed by atoms with Crippen LogP contribution < -0.4 is 0 Å². The average molecular weight is 228 g/mol. The molecule has 5 heteroatoms. The second kappa shape index (κ2) is 3.02. The van der Waals surface area contributed by atoms with E-state index < -0.39 is 0 Å². The zero-order valence-corrected chi connectivity index (χ0v) is 7.41. The zero-order valence-electron chi connectivity index (χ0n) is 8.82.